The van der Waals surface area contributed by atoms with Gasteiger partial charge in [-0.15, -0.1) is 0 Å². The number of hydrogen-bond donors (Lipinski definition) is 0. The maximum atomic E-state index is 11.9. The summed E-state index contributed by atoms with van der Waals surface area (Å²) in [5.74, 6) is 0. The molecule has 0 radical (unpaired) electrons. The van der Waals surface area contributed by atoms with Gasteiger partial charge in [0, 0.05) is 37.7 Å². The summed E-state index contributed by atoms with van der Waals surface area (Å²) in [4.78, 5) is 20.1. The monoisotopic (exact) mass is 348 g/mol. The van der Waals surface area contributed by atoms with Crippen LogP contribution in [0.3, 0.4) is 0 Å². The molecule has 0 aromatic carbocycles. The van der Waals surface area contributed by atoms with Crippen LogP contribution in [-0.2, 0) is 4.74 Å². The van der Waals surface area contributed by atoms with Crippen LogP contribution in [0.25, 0.3) is 0 Å². The molecule has 2 heterocycles. The van der Waals surface area contributed by atoms with Gasteiger partial charge in [0.2, 0.25) is 9.87 Å². The number of ether oxygens (including phenoxy) is 1. The zero-order valence-electron chi connectivity index (χ0n) is 11.2. The van der Waals surface area contributed by atoms with E-state index in [0.29, 0.717) is 17.8 Å². The third-order valence-corrected chi connectivity index (χ3v) is 3.96. The van der Waals surface area contributed by atoms with Gasteiger partial charge in [-0.2, -0.15) is 9.36 Å². The van der Waals surface area contributed by atoms with Gasteiger partial charge >= 0.3 is 6.09 Å². The Kier molecular flexibility index (Phi) is 4.29. The molecule has 1 amide bonds. The predicted molar refractivity (Wildman–Crippen MR) is 77.6 cm³/mol. The number of carbonyl (C=O) groups excluding carboxylic acids is 1. The Morgan fingerprint density at radius 1 is 1.32 bits per heavy atom. The molecule has 106 valence electrons. The van der Waals surface area contributed by atoms with Crippen LogP contribution in [0.1, 0.15) is 20.8 Å². The normalized spacial score (nSPS) is 16.6. The van der Waals surface area contributed by atoms with Crippen LogP contribution in [0.2, 0.25) is 0 Å². The molecule has 2 rings (SSSR count). The molecule has 0 unspecified atom stereocenters. The summed E-state index contributed by atoms with van der Waals surface area (Å²) in [6, 6.07) is 0. The molecule has 1 aromatic rings. The lowest BCUT2D eigenvalue weighted by Gasteiger charge is -2.35. The summed E-state index contributed by atoms with van der Waals surface area (Å²) in [5.41, 5.74) is -0.446. The van der Waals surface area contributed by atoms with Crippen LogP contribution in [0, 0.1) is 0 Å². The van der Waals surface area contributed by atoms with Gasteiger partial charge in [-0.05, 0) is 36.7 Å². The molecule has 1 aliphatic heterocycles. The lowest BCUT2D eigenvalue weighted by atomic mass is 10.2. The second-order valence-corrected chi connectivity index (χ2v) is 6.74. The van der Waals surface area contributed by atoms with Gasteiger partial charge in [-0.3, -0.25) is 0 Å². The fraction of sp³-hybridized carbons (Fsp3) is 0.727. The van der Waals surface area contributed by atoms with Crippen molar-refractivity contribution < 1.29 is 9.53 Å². The Bertz CT molecular complexity index is 452. The van der Waals surface area contributed by atoms with Gasteiger partial charge in [0.1, 0.15) is 5.60 Å². The molecular formula is C11H17BrN4O2S. The second-order valence-electron chi connectivity index (χ2n) is 5.30. The van der Waals surface area contributed by atoms with Crippen molar-refractivity contribution >= 4 is 38.7 Å². The van der Waals surface area contributed by atoms with Crippen molar-refractivity contribution in [3.8, 4) is 0 Å². The van der Waals surface area contributed by atoms with Gasteiger partial charge in [0.25, 0.3) is 0 Å². The van der Waals surface area contributed by atoms with Crippen LogP contribution in [0.4, 0.5) is 9.93 Å². The first-order valence-electron chi connectivity index (χ1n) is 6.07. The largest absolute Gasteiger partial charge is 0.444 e. The standard InChI is InChI=1S/C11H17BrN4O2S/c1-11(2,3)18-10(17)16-6-4-15(5-7-16)9-13-8(12)14-19-9/h4-7H2,1-3H3. The molecule has 1 saturated heterocycles. The topological polar surface area (TPSA) is 58.6 Å². The number of carbonyl (C=O) groups is 1. The van der Waals surface area contributed by atoms with E-state index in [4.69, 9.17) is 4.74 Å². The van der Waals surface area contributed by atoms with Crippen LogP contribution in [0.5, 0.6) is 0 Å². The molecule has 1 aromatic heterocycles. The third kappa shape index (κ3) is 4.04. The molecule has 1 fully saturated rings. The van der Waals surface area contributed by atoms with Crippen molar-refractivity contribution in [2.45, 2.75) is 26.4 Å². The Hall–Kier alpha value is -0.890. The molecule has 0 N–H and O–H groups in total. The van der Waals surface area contributed by atoms with Gasteiger partial charge in [-0.25, -0.2) is 4.79 Å². The van der Waals surface area contributed by atoms with E-state index in [2.05, 4.69) is 30.2 Å². The average Bonchev–Trinajstić information content (AvgIpc) is 2.74. The zero-order valence-corrected chi connectivity index (χ0v) is 13.6. The first kappa shape index (κ1) is 14.5. The van der Waals surface area contributed by atoms with Crippen LogP contribution >= 0.6 is 27.5 Å². The van der Waals surface area contributed by atoms with Crippen molar-refractivity contribution in [3.63, 3.8) is 0 Å². The lowest BCUT2D eigenvalue weighted by Crippen LogP contribution is -2.50. The van der Waals surface area contributed by atoms with Gasteiger partial charge in [0.05, 0.1) is 0 Å². The molecule has 1 aliphatic rings. The molecule has 8 heteroatoms. The SMILES string of the molecule is CC(C)(C)OC(=O)N1CCN(c2nc(Br)ns2)CC1. The van der Waals surface area contributed by atoms with E-state index in [1.807, 2.05) is 20.8 Å². The van der Waals surface area contributed by atoms with Crippen molar-refractivity contribution in [1.82, 2.24) is 14.3 Å². The van der Waals surface area contributed by atoms with Crippen LogP contribution in [0.15, 0.2) is 4.73 Å². The molecule has 0 atom stereocenters. The number of rotatable bonds is 1. The number of aromatic nitrogens is 2. The average molecular weight is 349 g/mol. The van der Waals surface area contributed by atoms with Gasteiger partial charge in [-0.1, -0.05) is 0 Å². The van der Waals surface area contributed by atoms with Gasteiger partial charge in [0.15, 0.2) is 0 Å². The zero-order chi connectivity index (χ0) is 14.0. The highest BCUT2D eigenvalue weighted by Crippen LogP contribution is 2.21. The van der Waals surface area contributed by atoms with E-state index in [0.717, 1.165) is 18.2 Å². The van der Waals surface area contributed by atoms with E-state index in [1.54, 1.807) is 4.90 Å². The summed E-state index contributed by atoms with van der Waals surface area (Å²) >= 11 is 4.60. The number of halogens is 1. The van der Waals surface area contributed by atoms with E-state index in [1.165, 1.54) is 11.5 Å². The summed E-state index contributed by atoms with van der Waals surface area (Å²) in [6.45, 7) is 8.42. The number of anilines is 1. The van der Waals surface area contributed by atoms with Gasteiger partial charge < -0.3 is 14.5 Å². The minimum absolute atomic E-state index is 0.245. The quantitative estimate of drug-likeness (QED) is 0.779. The molecule has 0 saturated carbocycles. The smallest absolute Gasteiger partial charge is 0.410 e. The first-order chi connectivity index (χ1) is 8.85. The Morgan fingerprint density at radius 2 is 1.95 bits per heavy atom. The Morgan fingerprint density at radius 3 is 2.42 bits per heavy atom. The highest BCUT2D eigenvalue weighted by Gasteiger charge is 2.26. The maximum Gasteiger partial charge on any atom is 0.410 e. The van der Waals surface area contributed by atoms with E-state index in [-0.39, 0.29) is 6.09 Å². The summed E-state index contributed by atoms with van der Waals surface area (Å²) in [7, 11) is 0. The van der Waals surface area contributed by atoms with E-state index >= 15 is 0 Å². The Balaban J connectivity index is 1.87. The van der Waals surface area contributed by atoms with Crippen molar-refractivity contribution in [3.05, 3.63) is 4.73 Å². The fourth-order valence-corrected chi connectivity index (χ4v) is 2.86. The molecule has 0 bridgehead atoms. The number of nitrogens with zero attached hydrogens (tertiary/aromatic N) is 4. The summed E-state index contributed by atoms with van der Waals surface area (Å²) in [6.07, 6.45) is -0.245. The number of piperazine rings is 1. The van der Waals surface area contributed by atoms with E-state index < -0.39 is 5.60 Å². The fourth-order valence-electron chi connectivity index (χ4n) is 1.73. The van der Waals surface area contributed by atoms with Crippen molar-refractivity contribution in [2.24, 2.45) is 0 Å². The second kappa shape index (κ2) is 5.62. The molecular weight excluding hydrogens is 332 g/mol. The number of hydrogen-bond acceptors (Lipinski definition) is 6. The minimum Gasteiger partial charge on any atom is -0.444 e. The van der Waals surface area contributed by atoms with Crippen molar-refractivity contribution in [1.29, 1.82) is 0 Å². The maximum absolute atomic E-state index is 11.9. The predicted octanol–water partition coefficient (Wildman–Crippen LogP) is 2.36. The first-order valence-corrected chi connectivity index (χ1v) is 7.64. The summed E-state index contributed by atoms with van der Waals surface area (Å²) < 4.78 is 10.1. The lowest BCUT2D eigenvalue weighted by molar-refractivity contribution is 0.0240. The third-order valence-electron chi connectivity index (χ3n) is 2.59. The highest BCUT2D eigenvalue weighted by molar-refractivity contribution is 9.10. The number of amides is 1. The molecule has 6 nitrogen and oxygen atoms in total. The molecule has 19 heavy (non-hydrogen) atoms. The molecule has 0 spiro atoms. The van der Waals surface area contributed by atoms with Crippen molar-refractivity contribution in [2.75, 3.05) is 31.1 Å². The highest BCUT2D eigenvalue weighted by atomic mass is 79.9. The van der Waals surface area contributed by atoms with Crippen LogP contribution in [-0.4, -0.2) is 52.1 Å². The van der Waals surface area contributed by atoms with E-state index in [9.17, 15) is 4.79 Å². The summed E-state index contributed by atoms with van der Waals surface area (Å²) in [5, 5.41) is 0.885. The minimum atomic E-state index is -0.446. The Labute approximate surface area is 125 Å². The van der Waals surface area contributed by atoms with Crippen LogP contribution < -0.4 is 4.90 Å². The molecule has 0 aliphatic carbocycles.